The number of carbonyl (C=O) groups excluding carboxylic acids is 2. The smallest absolute Gasteiger partial charge is 0.317 e. The Morgan fingerprint density at radius 3 is 2.52 bits per heavy atom. The van der Waals surface area contributed by atoms with Gasteiger partial charge < -0.3 is 20.4 Å². The molecule has 1 atom stereocenters. The van der Waals surface area contributed by atoms with Gasteiger partial charge in [-0.1, -0.05) is 0 Å². The predicted molar refractivity (Wildman–Crippen MR) is 80.0 cm³/mol. The van der Waals surface area contributed by atoms with E-state index in [-0.39, 0.29) is 17.5 Å². The van der Waals surface area contributed by atoms with Gasteiger partial charge in [-0.15, -0.1) is 0 Å². The average Bonchev–Trinajstić information content (AvgIpc) is 2.93. The van der Waals surface area contributed by atoms with E-state index >= 15 is 0 Å². The zero-order chi connectivity index (χ0) is 14.9. The maximum Gasteiger partial charge on any atom is 0.317 e. The van der Waals surface area contributed by atoms with Gasteiger partial charge in [-0.3, -0.25) is 4.79 Å². The second kappa shape index (κ2) is 5.83. The Bertz CT molecular complexity index is 412. The quantitative estimate of drug-likeness (QED) is 0.781. The van der Waals surface area contributed by atoms with Crippen LogP contribution in [0.25, 0.3) is 0 Å². The molecule has 3 rings (SSSR count). The molecule has 3 saturated heterocycles. The molecule has 0 saturated carbocycles. The fourth-order valence-electron chi connectivity index (χ4n) is 3.80. The highest BCUT2D eigenvalue weighted by molar-refractivity contribution is 5.86. The average molecular weight is 294 g/mol. The van der Waals surface area contributed by atoms with E-state index in [1.165, 1.54) is 0 Å². The largest absolute Gasteiger partial charge is 0.341 e. The molecule has 3 aliphatic rings. The molecule has 6 nitrogen and oxygen atoms in total. The molecule has 118 valence electrons. The van der Waals surface area contributed by atoms with E-state index in [1.807, 2.05) is 16.7 Å². The number of likely N-dealkylation sites (tertiary alicyclic amines) is 1. The van der Waals surface area contributed by atoms with Gasteiger partial charge in [-0.05, 0) is 45.6 Å². The van der Waals surface area contributed by atoms with E-state index in [0.717, 1.165) is 64.8 Å². The van der Waals surface area contributed by atoms with Crippen LogP contribution in [0.2, 0.25) is 0 Å². The highest BCUT2D eigenvalue weighted by Crippen LogP contribution is 2.25. The Morgan fingerprint density at radius 2 is 1.95 bits per heavy atom. The molecule has 3 amide bonds. The third kappa shape index (κ3) is 2.86. The van der Waals surface area contributed by atoms with Gasteiger partial charge in [0.25, 0.3) is 0 Å². The first-order valence-electron chi connectivity index (χ1n) is 8.19. The summed E-state index contributed by atoms with van der Waals surface area (Å²) in [5.41, 5.74) is -0.379. The van der Waals surface area contributed by atoms with Crippen LogP contribution in [-0.2, 0) is 4.79 Å². The van der Waals surface area contributed by atoms with Crippen molar-refractivity contribution in [1.29, 1.82) is 0 Å². The number of carbonyl (C=O) groups is 2. The summed E-state index contributed by atoms with van der Waals surface area (Å²) in [7, 11) is 0. The van der Waals surface area contributed by atoms with E-state index in [9.17, 15) is 9.59 Å². The topological polar surface area (TPSA) is 64.7 Å². The molecule has 3 heterocycles. The van der Waals surface area contributed by atoms with E-state index in [1.54, 1.807) is 0 Å². The first-order chi connectivity index (χ1) is 10.1. The van der Waals surface area contributed by atoms with Crippen LogP contribution in [0.1, 0.15) is 39.0 Å². The Morgan fingerprint density at radius 1 is 1.19 bits per heavy atom. The van der Waals surface area contributed by atoms with Crippen molar-refractivity contribution in [2.45, 2.75) is 50.6 Å². The van der Waals surface area contributed by atoms with Gasteiger partial charge in [0.05, 0.1) is 5.54 Å². The molecule has 3 fully saturated rings. The lowest BCUT2D eigenvalue weighted by molar-refractivity contribution is -0.140. The van der Waals surface area contributed by atoms with Gasteiger partial charge in [-0.2, -0.15) is 0 Å². The van der Waals surface area contributed by atoms with Crippen molar-refractivity contribution < 1.29 is 9.59 Å². The second-order valence-corrected chi connectivity index (χ2v) is 6.66. The number of amides is 3. The molecule has 0 aromatic carbocycles. The number of hydrogen-bond acceptors (Lipinski definition) is 3. The number of nitrogens with one attached hydrogen (secondary N) is 2. The summed E-state index contributed by atoms with van der Waals surface area (Å²) in [6, 6.07) is 0.351. The Hall–Kier alpha value is -1.30. The Labute approximate surface area is 126 Å². The molecule has 6 heteroatoms. The van der Waals surface area contributed by atoms with Crippen molar-refractivity contribution in [2.75, 3.05) is 32.7 Å². The van der Waals surface area contributed by atoms with Crippen molar-refractivity contribution >= 4 is 11.9 Å². The highest BCUT2D eigenvalue weighted by atomic mass is 16.2. The zero-order valence-electron chi connectivity index (χ0n) is 12.9. The normalized spacial score (nSPS) is 31.4. The summed E-state index contributed by atoms with van der Waals surface area (Å²) in [6.07, 6.45) is 5.01. The van der Waals surface area contributed by atoms with Crippen LogP contribution in [0, 0.1) is 0 Å². The van der Waals surface area contributed by atoms with Crippen LogP contribution >= 0.6 is 0 Å². The molecule has 0 spiro atoms. The van der Waals surface area contributed by atoms with Gasteiger partial charge in [0.2, 0.25) is 5.91 Å². The van der Waals surface area contributed by atoms with Crippen molar-refractivity contribution in [1.82, 2.24) is 20.4 Å². The molecule has 0 bridgehead atoms. The van der Waals surface area contributed by atoms with Crippen LogP contribution in [0.4, 0.5) is 4.79 Å². The Balaban J connectivity index is 1.55. The number of urea groups is 1. The monoisotopic (exact) mass is 294 g/mol. The lowest BCUT2D eigenvalue weighted by Gasteiger charge is -2.42. The summed E-state index contributed by atoms with van der Waals surface area (Å²) >= 11 is 0. The first-order valence-corrected chi connectivity index (χ1v) is 8.19. The molecular formula is C15H26N4O2. The minimum Gasteiger partial charge on any atom is -0.341 e. The second-order valence-electron chi connectivity index (χ2n) is 6.66. The third-order valence-electron chi connectivity index (χ3n) is 5.17. The van der Waals surface area contributed by atoms with E-state index in [2.05, 4.69) is 10.6 Å². The molecule has 0 aromatic heterocycles. The van der Waals surface area contributed by atoms with Gasteiger partial charge in [0.15, 0.2) is 0 Å². The molecule has 3 aliphatic heterocycles. The predicted octanol–water partition coefficient (Wildman–Crippen LogP) is 0.535. The molecule has 0 aliphatic carbocycles. The summed E-state index contributed by atoms with van der Waals surface area (Å²) in [5, 5.41) is 6.26. The molecule has 0 aromatic rings. The fraction of sp³-hybridized carbons (Fsp3) is 0.867. The number of piperidine rings is 2. The maximum absolute atomic E-state index is 12.7. The van der Waals surface area contributed by atoms with Crippen molar-refractivity contribution in [3.63, 3.8) is 0 Å². The van der Waals surface area contributed by atoms with Crippen molar-refractivity contribution in [2.24, 2.45) is 0 Å². The highest BCUT2D eigenvalue weighted by Gasteiger charge is 2.39. The van der Waals surface area contributed by atoms with E-state index in [0.29, 0.717) is 6.04 Å². The van der Waals surface area contributed by atoms with Crippen molar-refractivity contribution in [3.05, 3.63) is 0 Å². The van der Waals surface area contributed by atoms with Gasteiger partial charge in [-0.25, -0.2) is 4.79 Å². The fourth-order valence-corrected chi connectivity index (χ4v) is 3.80. The minimum atomic E-state index is -0.379. The van der Waals surface area contributed by atoms with Crippen LogP contribution in [-0.4, -0.2) is 66.0 Å². The zero-order valence-corrected chi connectivity index (χ0v) is 12.9. The standard InChI is InChI=1S/C15H26N4O2/c1-15(6-2-3-7-17-15)13(20)18-9-4-12(5-10-18)19-11-8-16-14(19)21/h12,17H,2-11H2,1H3,(H,16,21). The minimum absolute atomic E-state index is 0.0562. The third-order valence-corrected chi connectivity index (χ3v) is 5.17. The van der Waals surface area contributed by atoms with Crippen LogP contribution in [0.5, 0.6) is 0 Å². The summed E-state index contributed by atoms with van der Waals surface area (Å²) in [6.45, 7) is 6.06. The molecule has 21 heavy (non-hydrogen) atoms. The number of rotatable bonds is 2. The van der Waals surface area contributed by atoms with Crippen LogP contribution < -0.4 is 10.6 Å². The lowest BCUT2D eigenvalue weighted by Crippen LogP contribution is -2.60. The van der Waals surface area contributed by atoms with Gasteiger partial charge in [0.1, 0.15) is 0 Å². The Kier molecular flexibility index (Phi) is 4.06. The lowest BCUT2D eigenvalue weighted by atomic mass is 9.88. The van der Waals surface area contributed by atoms with Crippen LogP contribution in [0.3, 0.4) is 0 Å². The molecule has 1 unspecified atom stereocenters. The summed E-state index contributed by atoms with van der Waals surface area (Å²) in [4.78, 5) is 28.4. The van der Waals surface area contributed by atoms with Gasteiger partial charge in [0, 0.05) is 32.2 Å². The summed E-state index contributed by atoms with van der Waals surface area (Å²) in [5.74, 6) is 0.242. The maximum atomic E-state index is 12.7. The van der Waals surface area contributed by atoms with E-state index < -0.39 is 0 Å². The molecule has 0 radical (unpaired) electrons. The summed E-state index contributed by atoms with van der Waals surface area (Å²) < 4.78 is 0. The first kappa shape index (κ1) is 14.6. The van der Waals surface area contributed by atoms with Crippen LogP contribution in [0.15, 0.2) is 0 Å². The van der Waals surface area contributed by atoms with E-state index in [4.69, 9.17) is 0 Å². The van der Waals surface area contributed by atoms with Crippen molar-refractivity contribution in [3.8, 4) is 0 Å². The van der Waals surface area contributed by atoms with Gasteiger partial charge >= 0.3 is 6.03 Å². The molecule has 2 N–H and O–H groups in total. The number of nitrogens with zero attached hydrogens (tertiary/aromatic N) is 2. The SMILES string of the molecule is CC1(C(=O)N2CCC(N3CCNC3=O)CC2)CCCCN1. The number of hydrogen-bond donors (Lipinski definition) is 2. The molecular weight excluding hydrogens is 268 g/mol.